The van der Waals surface area contributed by atoms with E-state index in [1.54, 1.807) is 12.4 Å². The minimum atomic E-state index is 0.0464. The summed E-state index contributed by atoms with van der Waals surface area (Å²) in [6.07, 6.45) is 4.90. The fourth-order valence-electron chi connectivity index (χ4n) is 1.47. The van der Waals surface area contributed by atoms with Gasteiger partial charge in [0, 0.05) is 18.8 Å². The van der Waals surface area contributed by atoms with Crippen LogP contribution >= 0.6 is 0 Å². The van der Waals surface area contributed by atoms with E-state index in [1.165, 1.54) is 0 Å². The van der Waals surface area contributed by atoms with Gasteiger partial charge in [0.15, 0.2) is 0 Å². The molecule has 0 bridgehead atoms. The zero-order chi connectivity index (χ0) is 11.8. The summed E-state index contributed by atoms with van der Waals surface area (Å²) in [6.45, 7) is 2.85. The Bertz CT molecular complexity index is 313. The van der Waals surface area contributed by atoms with Gasteiger partial charge in [0.25, 0.3) is 0 Å². The smallest absolute Gasteiger partial charge is 0.220 e. The van der Waals surface area contributed by atoms with Gasteiger partial charge < -0.3 is 10.6 Å². The Hall–Kier alpha value is -1.42. The SMILES string of the molecule is CNCCCC(=O)N[C@@H](C)c1ccncc1. The van der Waals surface area contributed by atoms with E-state index < -0.39 is 0 Å². The van der Waals surface area contributed by atoms with Crippen molar-refractivity contribution in [1.29, 1.82) is 0 Å². The first-order valence-corrected chi connectivity index (χ1v) is 5.58. The highest BCUT2D eigenvalue weighted by atomic mass is 16.1. The number of aromatic nitrogens is 1. The average Bonchev–Trinajstić information content (AvgIpc) is 2.30. The molecule has 0 aliphatic heterocycles. The third-order valence-corrected chi connectivity index (χ3v) is 2.41. The van der Waals surface area contributed by atoms with Crippen LogP contribution in [0.1, 0.15) is 31.4 Å². The standard InChI is InChI=1S/C12H19N3O/c1-10(11-5-8-14-9-6-11)15-12(16)4-3-7-13-2/h5-6,8-10,13H,3-4,7H2,1-2H3,(H,15,16)/t10-/m0/s1. The van der Waals surface area contributed by atoms with Gasteiger partial charge in [0.1, 0.15) is 0 Å². The summed E-state index contributed by atoms with van der Waals surface area (Å²) < 4.78 is 0. The zero-order valence-electron chi connectivity index (χ0n) is 9.86. The van der Waals surface area contributed by atoms with Gasteiger partial charge >= 0.3 is 0 Å². The lowest BCUT2D eigenvalue weighted by molar-refractivity contribution is -0.121. The van der Waals surface area contributed by atoms with Crippen molar-refractivity contribution in [3.05, 3.63) is 30.1 Å². The molecule has 4 nitrogen and oxygen atoms in total. The summed E-state index contributed by atoms with van der Waals surface area (Å²) in [5.41, 5.74) is 1.08. The molecule has 0 aromatic carbocycles. The van der Waals surface area contributed by atoms with Crippen molar-refractivity contribution >= 4 is 5.91 Å². The minimum absolute atomic E-state index is 0.0464. The van der Waals surface area contributed by atoms with Crippen molar-refractivity contribution < 1.29 is 4.79 Å². The summed E-state index contributed by atoms with van der Waals surface area (Å²) in [5, 5.41) is 5.98. The third kappa shape index (κ3) is 4.40. The molecule has 88 valence electrons. The average molecular weight is 221 g/mol. The molecule has 0 saturated carbocycles. The predicted octanol–water partition coefficient (Wildman–Crippen LogP) is 1.26. The zero-order valence-corrected chi connectivity index (χ0v) is 9.86. The van der Waals surface area contributed by atoms with Gasteiger partial charge in [-0.15, -0.1) is 0 Å². The molecule has 1 aromatic rings. The van der Waals surface area contributed by atoms with Crippen LogP contribution in [0.4, 0.5) is 0 Å². The molecule has 0 fully saturated rings. The van der Waals surface area contributed by atoms with Crippen LogP contribution in [-0.2, 0) is 4.79 Å². The fraction of sp³-hybridized carbons (Fsp3) is 0.500. The van der Waals surface area contributed by atoms with E-state index in [0.29, 0.717) is 6.42 Å². The Morgan fingerprint density at radius 3 is 2.75 bits per heavy atom. The Morgan fingerprint density at radius 2 is 2.12 bits per heavy atom. The van der Waals surface area contributed by atoms with Crippen LogP contribution in [-0.4, -0.2) is 24.5 Å². The lowest BCUT2D eigenvalue weighted by atomic mass is 10.1. The summed E-state index contributed by atoms with van der Waals surface area (Å²) in [7, 11) is 1.89. The number of nitrogens with zero attached hydrogens (tertiary/aromatic N) is 1. The predicted molar refractivity (Wildman–Crippen MR) is 64.0 cm³/mol. The van der Waals surface area contributed by atoms with Gasteiger partial charge in [-0.25, -0.2) is 0 Å². The largest absolute Gasteiger partial charge is 0.350 e. The summed E-state index contributed by atoms with van der Waals surface area (Å²) in [6, 6.07) is 3.88. The van der Waals surface area contributed by atoms with Crippen molar-refractivity contribution in [3.8, 4) is 0 Å². The molecular formula is C12H19N3O. The van der Waals surface area contributed by atoms with E-state index in [1.807, 2.05) is 26.1 Å². The summed E-state index contributed by atoms with van der Waals surface area (Å²) >= 11 is 0. The van der Waals surface area contributed by atoms with E-state index in [4.69, 9.17) is 0 Å². The first kappa shape index (κ1) is 12.6. The molecule has 1 rings (SSSR count). The van der Waals surface area contributed by atoms with Crippen molar-refractivity contribution in [1.82, 2.24) is 15.6 Å². The molecule has 1 amide bonds. The molecule has 0 unspecified atom stereocenters. The minimum Gasteiger partial charge on any atom is -0.350 e. The molecule has 0 saturated heterocycles. The van der Waals surface area contributed by atoms with E-state index in [-0.39, 0.29) is 11.9 Å². The van der Waals surface area contributed by atoms with Crippen LogP contribution in [0.5, 0.6) is 0 Å². The van der Waals surface area contributed by atoms with Gasteiger partial charge in [0.05, 0.1) is 6.04 Å². The lowest BCUT2D eigenvalue weighted by Gasteiger charge is -2.13. The maximum atomic E-state index is 11.5. The van der Waals surface area contributed by atoms with E-state index in [0.717, 1.165) is 18.5 Å². The van der Waals surface area contributed by atoms with E-state index in [9.17, 15) is 4.79 Å². The Balaban J connectivity index is 2.34. The topological polar surface area (TPSA) is 54.0 Å². The van der Waals surface area contributed by atoms with E-state index >= 15 is 0 Å². The second-order valence-corrected chi connectivity index (χ2v) is 3.78. The van der Waals surface area contributed by atoms with Crippen LogP contribution in [0.25, 0.3) is 0 Å². The molecule has 2 N–H and O–H groups in total. The number of rotatable bonds is 6. The number of carbonyl (C=O) groups is 1. The molecule has 0 aliphatic carbocycles. The fourth-order valence-corrected chi connectivity index (χ4v) is 1.47. The van der Waals surface area contributed by atoms with Crippen LogP contribution < -0.4 is 10.6 Å². The van der Waals surface area contributed by atoms with Gasteiger partial charge in [-0.3, -0.25) is 9.78 Å². The third-order valence-electron chi connectivity index (χ3n) is 2.41. The highest BCUT2D eigenvalue weighted by Gasteiger charge is 2.08. The first-order valence-electron chi connectivity index (χ1n) is 5.58. The molecule has 16 heavy (non-hydrogen) atoms. The normalized spacial score (nSPS) is 12.1. The monoisotopic (exact) mass is 221 g/mol. The quantitative estimate of drug-likeness (QED) is 0.711. The van der Waals surface area contributed by atoms with Gasteiger partial charge in [-0.2, -0.15) is 0 Å². The molecule has 0 radical (unpaired) electrons. The number of hydrogen-bond acceptors (Lipinski definition) is 3. The second kappa shape index (κ2) is 6.95. The summed E-state index contributed by atoms with van der Waals surface area (Å²) in [5.74, 6) is 0.0968. The van der Waals surface area contributed by atoms with Crippen LogP contribution in [0, 0.1) is 0 Å². The van der Waals surface area contributed by atoms with Gasteiger partial charge in [0.2, 0.25) is 5.91 Å². The Kier molecular flexibility index (Phi) is 5.50. The van der Waals surface area contributed by atoms with Gasteiger partial charge in [-0.05, 0) is 44.6 Å². The molecule has 0 spiro atoms. The van der Waals surface area contributed by atoms with Crippen molar-refractivity contribution in [2.45, 2.75) is 25.8 Å². The number of carbonyl (C=O) groups excluding carboxylic acids is 1. The van der Waals surface area contributed by atoms with Crippen LogP contribution in [0.2, 0.25) is 0 Å². The van der Waals surface area contributed by atoms with Crippen molar-refractivity contribution in [2.75, 3.05) is 13.6 Å². The molecule has 1 atom stereocenters. The van der Waals surface area contributed by atoms with Crippen LogP contribution in [0.15, 0.2) is 24.5 Å². The van der Waals surface area contributed by atoms with Crippen molar-refractivity contribution in [2.24, 2.45) is 0 Å². The number of hydrogen-bond donors (Lipinski definition) is 2. The molecule has 1 heterocycles. The molecule has 4 heteroatoms. The number of nitrogens with one attached hydrogen (secondary N) is 2. The van der Waals surface area contributed by atoms with Gasteiger partial charge in [-0.1, -0.05) is 0 Å². The number of pyridine rings is 1. The Labute approximate surface area is 96.5 Å². The maximum Gasteiger partial charge on any atom is 0.220 e. The highest BCUT2D eigenvalue weighted by molar-refractivity contribution is 5.76. The molecular weight excluding hydrogens is 202 g/mol. The summed E-state index contributed by atoms with van der Waals surface area (Å²) in [4.78, 5) is 15.5. The van der Waals surface area contributed by atoms with Crippen molar-refractivity contribution in [3.63, 3.8) is 0 Å². The second-order valence-electron chi connectivity index (χ2n) is 3.78. The first-order chi connectivity index (χ1) is 7.74. The Morgan fingerprint density at radius 1 is 1.44 bits per heavy atom. The lowest BCUT2D eigenvalue weighted by Crippen LogP contribution is -2.27. The number of amides is 1. The molecule has 1 aromatic heterocycles. The van der Waals surface area contributed by atoms with Crippen LogP contribution in [0.3, 0.4) is 0 Å². The van der Waals surface area contributed by atoms with E-state index in [2.05, 4.69) is 15.6 Å². The molecule has 0 aliphatic rings. The maximum absolute atomic E-state index is 11.5. The highest BCUT2D eigenvalue weighted by Crippen LogP contribution is 2.10.